The molecule has 3 aromatic rings. The normalized spacial score (nSPS) is 16.2. The Balaban J connectivity index is 1.67. The molecule has 2 aliphatic rings. The number of hydrogen-bond donors (Lipinski definition) is 3. The van der Waals surface area contributed by atoms with Crippen LogP contribution in [0.3, 0.4) is 0 Å². The van der Waals surface area contributed by atoms with Crippen molar-refractivity contribution in [2.24, 2.45) is 0 Å². The molecule has 8 bridgehead atoms. The first-order valence-corrected chi connectivity index (χ1v) is 16.8. The van der Waals surface area contributed by atoms with Crippen molar-refractivity contribution in [3.8, 4) is 0 Å². The molecule has 0 radical (unpaired) electrons. The second-order valence-electron chi connectivity index (χ2n) is 13.0. The molecule has 240 valence electrons. The Morgan fingerprint density at radius 3 is 2.16 bits per heavy atom. The fourth-order valence-corrected chi connectivity index (χ4v) is 7.14. The van der Waals surface area contributed by atoms with Gasteiger partial charge in [-0.2, -0.15) is 0 Å². The van der Waals surface area contributed by atoms with Gasteiger partial charge in [-0.3, -0.25) is 9.78 Å². The van der Waals surface area contributed by atoms with Crippen LogP contribution in [0, 0.1) is 20.8 Å². The number of fused-ring (bicyclic) bond motifs is 8. The summed E-state index contributed by atoms with van der Waals surface area (Å²) in [6.07, 6.45) is 7.89. The number of aromatic nitrogens is 4. The Morgan fingerprint density at radius 1 is 0.867 bits per heavy atom. The zero-order chi connectivity index (χ0) is 32.4. The van der Waals surface area contributed by atoms with Gasteiger partial charge in [0.05, 0.1) is 11.4 Å². The van der Waals surface area contributed by atoms with Gasteiger partial charge in [0.2, 0.25) is 5.91 Å². The number of nitrogens with zero attached hydrogens (tertiary/aromatic N) is 3. The van der Waals surface area contributed by atoms with Gasteiger partial charge < -0.3 is 20.0 Å². The summed E-state index contributed by atoms with van der Waals surface area (Å²) in [4.78, 5) is 32.9. The van der Waals surface area contributed by atoms with E-state index < -0.39 is 0 Å². The lowest BCUT2D eigenvalue weighted by atomic mass is 9.85. The fourth-order valence-electron chi connectivity index (χ4n) is 7.14. The number of unbranched alkanes of at least 4 members (excludes halogenated alkanes) is 2. The van der Waals surface area contributed by atoms with Crippen LogP contribution < -0.4 is 0 Å². The molecule has 0 spiro atoms. The first-order valence-electron chi connectivity index (χ1n) is 16.8. The van der Waals surface area contributed by atoms with Crippen molar-refractivity contribution in [1.29, 1.82) is 0 Å². The van der Waals surface area contributed by atoms with E-state index >= 15 is 0 Å². The van der Waals surface area contributed by atoms with Gasteiger partial charge in [0.25, 0.3) is 0 Å². The van der Waals surface area contributed by atoms with Gasteiger partial charge in [0, 0.05) is 71.9 Å². The number of H-pyrrole nitrogens is 2. The van der Waals surface area contributed by atoms with Crippen LogP contribution in [0.15, 0.2) is 18.2 Å². The number of carbonyl (C=O) groups excluding carboxylic acids is 1. The summed E-state index contributed by atoms with van der Waals surface area (Å²) in [5.41, 5.74) is 15.9. The van der Waals surface area contributed by atoms with Crippen molar-refractivity contribution in [3.63, 3.8) is 0 Å². The molecule has 0 aromatic carbocycles. The van der Waals surface area contributed by atoms with Crippen LogP contribution in [-0.4, -0.2) is 56.0 Å². The van der Waals surface area contributed by atoms with E-state index in [2.05, 4.69) is 82.7 Å². The van der Waals surface area contributed by atoms with Crippen molar-refractivity contribution < 1.29 is 9.90 Å². The quantitative estimate of drug-likeness (QED) is 0.202. The summed E-state index contributed by atoms with van der Waals surface area (Å²) < 4.78 is 0. The van der Waals surface area contributed by atoms with Gasteiger partial charge in [0.15, 0.2) is 0 Å². The molecule has 0 saturated carbocycles. The summed E-state index contributed by atoms with van der Waals surface area (Å²) in [5, 5.41) is 9.08. The number of amides is 1. The summed E-state index contributed by atoms with van der Waals surface area (Å²) in [7, 11) is 1.89. The van der Waals surface area contributed by atoms with Gasteiger partial charge >= 0.3 is 0 Å². The maximum atomic E-state index is 13.2. The molecule has 7 nitrogen and oxygen atoms in total. The van der Waals surface area contributed by atoms with Crippen LogP contribution in [0.1, 0.15) is 122 Å². The summed E-state index contributed by atoms with van der Waals surface area (Å²) in [5.74, 6) is 0.448. The van der Waals surface area contributed by atoms with E-state index in [0.717, 1.165) is 101 Å². The van der Waals surface area contributed by atoms with Crippen LogP contribution in [-0.2, 0) is 17.6 Å². The van der Waals surface area contributed by atoms with Gasteiger partial charge in [-0.05, 0) is 124 Å². The number of carbonyl (C=O) groups is 1. The third-order valence-corrected chi connectivity index (χ3v) is 10.2. The Kier molecular flexibility index (Phi) is 9.97. The Bertz CT molecular complexity index is 1780. The zero-order valence-corrected chi connectivity index (χ0v) is 28.5. The summed E-state index contributed by atoms with van der Waals surface area (Å²) in [6.45, 7) is 16.3. The number of hydrogen-bond acceptors (Lipinski definition) is 4. The summed E-state index contributed by atoms with van der Waals surface area (Å²) in [6, 6.07) is 6.70. The highest BCUT2D eigenvalue weighted by atomic mass is 16.3. The monoisotopic (exact) mass is 609 g/mol. The van der Waals surface area contributed by atoms with Crippen LogP contribution in [0.2, 0.25) is 0 Å². The van der Waals surface area contributed by atoms with Crippen LogP contribution in [0.5, 0.6) is 0 Å². The molecule has 0 saturated heterocycles. The molecular weight excluding hydrogens is 558 g/mol. The Hall–Kier alpha value is -3.71. The molecule has 3 aromatic heterocycles. The minimum absolute atomic E-state index is 0.120. The van der Waals surface area contributed by atoms with E-state index in [4.69, 9.17) is 15.1 Å². The van der Waals surface area contributed by atoms with Crippen molar-refractivity contribution in [1.82, 2.24) is 24.8 Å². The number of aliphatic hydroxyl groups excluding tert-OH is 1. The second kappa shape index (κ2) is 13.7. The average Bonchev–Trinajstić information content (AvgIpc) is 3.72. The molecule has 5 rings (SSSR count). The lowest BCUT2D eigenvalue weighted by molar-refractivity contribution is -0.130. The van der Waals surface area contributed by atoms with Gasteiger partial charge in [-0.25, -0.2) is 4.98 Å². The lowest BCUT2D eigenvalue weighted by Gasteiger charge is -2.21. The molecule has 3 N–H and O–H groups in total. The molecule has 5 heterocycles. The van der Waals surface area contributed by atoms with E-state index in [9.17, 15) is 4.79 Å². The Morgan fingerprint density at radius 2 is 1.51 bits per heavy atom. The van der Waals surface area contributed by atoms with Gasteiger partial charge in [-0.1, -0.05) is 20.8 Å². The lowest BCUT2D eigenvalue weighted by Crippen LogP contribution is -2.28. The highest BCUT2D eigenvalue weighted by Crippen LogP contribution is 2.42. The third-order valence-electron chi connectivity index (χ3n) is 10.2. The van der Waals surface area contributed by atoms with Crippen LogP contribution >= 0.6 is 0 Å². The highest BCUT2D eigenvalue weighted by Gasteiger charge is 2.31. The first-order chi connectivity index (χ1) is 21.6. The van der Waals surface area contributed by atoms with Crippen molar-refractivity contribution in [2.45, 2.75) is 105 Å². The molecule has 7 heteroatoms. The molecule has 1 amide bonds. The molecule has 0 fully saturated rings. The second-order valence-corrected chi connectivity index (χ2v) is 13.0. The van der Waals surface area contributed by atoms with E-state index in [1.165, 1.54) is 22.3 Å². The SMILES string of the molecule is CCc1c(C)c2cc3[nH]c(cc4nc(c(C)c5nc(cc1[nH]2)C(C)=C5)[C@@H](CCC(=O)N(C)CCCCCO)[C@@H]4C)c(C)c3CC. The van der Waals surface area contributed by atoms with Crippen LogP contribution in [0.4, 0.5) is 0 Å². The third kappa shape index (κ3) is 6.51. The number of aliphatic hydroxyl groups is 1. The van der Waals surface area contributed by atoms with E-state index in [1.54, 1.807) is 0 Å². The fraction of sp³-hybridized carbons (Fsp3) is 0.500. The number of aromatic amines is 2. The van der Waals surface area contributed by atoms with Crippen molar-refractivity contribution in [3.05, 3.63) is 68.8 Å². The number of aryl methyl sites for hydroxylation is 4. The smallest absolute Gasteiger partial charge is 0.222 e. The van der Waals surface area contributed by atoms with Gasteiger partial charge in [-0.15, -0.1) is 0 Å². The zero-order valence-electron chi connectivity index (χ0n) is 28.5. The molecule has 45 heavy (non-hydrogen) atoms. The molecule has 2 atom stereocenters. The predicted molar refractivity (Wildman–Crippen MR) is 186 cm³/mol. The summed E-state index contributed by atoms with van der Waals surface area (Å²) >= 11 is 0. The maximum absolute atomic E-state index is 13.2. The highest BCUT2D eigenvalue weighted by molar-refractivity contribution is 5.85. The predicted octanol–water partition coefficient (Wildman–Crippen LogP) is 8.21. The largest absolute Gasteiger partial charge is 0.396 e. The number of nitrogens with one attached hydrogen (secondary N) is 2. The van der Waals surface area contributed by atoms with Crippen molar-refractivity contribution in [2.75, 3.05) is 20.2 Å². The Labute approximate surface area is 268 Å². The average molecular weight is 610 g/mol. The molecule has 0 unspecified atom stereocenters. The number of rotatable bonds is 10. The van der Waals surface area contributed by atoms with E-state index in [-0.39, 0.29) is 24.3 Å². The first kappa shape index (κ1) is 32.7. The van der Waals surface area contributed by atoms with E-state index in [0.29, 0.717) is 6.42 Å². The molecular formula is C38H51N5O2. The van der Waals surface area contributed by atoms with Crippen LogP contribution in [0.25, 0.3) is 33.7 Å². The standard InChI is InChI=1S/C38H51N5O2/c1-9-27-24(5)33-21-36-28(10-2)23(4)32(40-36)20-34-25(6)29(14-15-37(45)43(8)16-12-11-13-17-44)38(42-34)26(7)31-18-22(3)30(39-31)19-35(27)41-33/h18-21,25,29,40-41,44H,9-17H2,1-8H3/t25-,29-/m0/s1. The minimum Gasteiger partial charge on any atom is -0.396 e. The minimum atomic E-state index is 0.120. The van der Waals surface area contributed by atoms with Gasteiger partial charge in [0.1, 0.15) is 0 Å². The maximum Gasteiger partial charge on any atom is 0.222 e. The molecule has 2 aliphatic heterocycles. The molecule has 0 aliphatic carbocycles. The van der Waals surface area contributed by atoms with Crippen molar-refractivity contribution >= 4 is 39.6 Å². The topological polar surface area (TPSA) is 97.9 Å². The number of allylic oxidation sites excluding steroid dienone is 1. The van der Waals surface area contributed by atoms with E-state index in [1.807, 2.05) is 11.9 Å².